The summed E-state index contributed by atoms with van der Waals surface area (Å²) in [5.41, 5.74) is 0.0334. The van der Waals surface area contributed by atoms with Crippen LogP contribution >= 0.6 is 12.6 Å². The largest absolute Gasteiger partial charge is 0.478 e. The van der Waals surface area contributed by atoms with Crippen molar-refractivity contribution in [2.24, 2.45) is 0 Å². The van der Waals surface area contributed by atoms with Crippen molar-refractivity contribution in [3.05, 3.63) is 11.6 Å². The number of carbonyl (C=O) groups is 1. The highest BCUT2D eigenvalue weighted by molar-refractivity contribution is 7.80. The smallest absolute Gasteiger partial charge is 0.339 e. The van der Waals surface area contributed by atoms with E-state index in [-0.39, 0.29) is 16.2 Å². The van der Waals surface area contributed by atoms with Crippen molar-refractivity contribution in [3.63, 3.8) is 0 Å². The second kappa shape index (κ2) is 2.59. The zero-order valence-electron chi connectivity index (χ0n) is 6.08. The summed E-state index contributed by atoms with van der Waals surface area (Å²) in [4.78, 5) is 10.7. The van der Waals surface area contributed by atoms with Gasteiger partial charge in [0.15, 0.2) is 0 Å². The van der Waals surface area contributed by atoms with E-state index in [2.05, 4.69) is 20.6 Å². The van der Waals surface area contributed by atoms with E-state index in [9.17, 15) is 4.79 Å². The molecule has 0 aliphatic rings. The van der Waals surface area contributed by atoms with Gasteiger partial charge in [0.05, 0.1) is 0 Å². The van der Waals surface area contributed by atoms with E-state index in [4.69, 9.17) is 17.7 Å². The van der Waals surface area contributed by atoms with Gasteiger partial charge in [-0.25, -0.2) is 4.79 Å². The number of nitrogens with zero attached hydrogens (tertiary/aromatic N) is 5. The first-order valence-corrected chi connectivity index (χ1v) is 3.59. The van der Waals surface area contributed by atoms with Crippen LogP contribution in [0.25, 0.3) is 5.65 Å². The van der Waals surface area contributed by atoms with Crippen LogP contribution in [0.5, 0.6) is 0 Å². The molecule has 2 aromatic heterocycles. The van der Waals surface area contributed by atoms with Crippen molar-refractivity contribution >= 4 is 24.2 Å². The lowest BCUT2D eigenvalue weighted by atomic mass is 10.3. The molecule has 1 radical (unpaired) electrons. The maximum Gasteiger partial charge on any atom is 0.339 e. The minimum Gasteiger partial charge on any atom is -0.478 e. The molecule has 1 N–H and O–H groups in total. The Hall–Kier alpha value is -1.83. The van der Waals surface area contributed by atoms with Gasteiger partial charge < -0.3 is 5.11 Å². The van der Waals surface area contributed by atoms with Gasteiger partial charge in [-0.1, -0.05) is 12.6 Å². The molecule has 0 spiro atoms. The summed E-state index contributed by atoms with van der Waals surface area (Å²) in [7, 11) is 0. The average Bonchev–Trinajstić information content (AvgIpc) is 2.49. The highest BCUT2D eigenvalue weighted by atomic mass is 32.1. The van der Waals surface area contributed by atoms with Crippen molar-refractivity contribution in [2.75, 3.05) is 0 Å². The van der Waals surface area contributed by atoms with E-state index in [1.165, 1.54) is 6.07 Å². The fourth-order valence-electron chi connectivity index (χ4n) is 0.879. The lowest BCUT2D eigenvalue weighted by Gasteiger charge is -1.95. The van der Waals surface area contributed by atoms with Crippen molar-refractivity contribution < 1.29 is 9.90 Å². The van der Waals surface area contributed by atoms with Gasteiger partial charge in [0, 0.05) is 0 Å². The first kappa shape index (κ1) is 7.80. The molecule has 8 heteroatoms. The van der Waals surface area contributed by atoms with Gasteiger partial charge in [-0.05, 0) is 16.5 Å². The van der Waals surface area contributed by atoms with Gasteiger partial charge in [0.25, 0.3) is 0 Å². The van der Waals surface area contributed by atoms with Crippen LogP contribution in [0.1, 0.15) is 10.4 Å². The molecule has 0 bridgehead atoms. The summed E-state index contributed by atoms with van der Waals surface area (Å²) in [5.74, 6) is -1.13. The Morgan fingerprint density at radius 1 is 1.62 bits per heavy atom. The average molecular weight is 196 g/mol. The van der Waals surface area contributed by atoms with Crippen molar-refractivity contribution in [2.45, 2.75) is 5.03 Å². The molecule has 0 amide bonds. The molecule has 2 aromatic rings. The fourth-order valence-corrected chi connectivity index (χ4v) is 1.07. The maximum absolute atomic E-state index is 10.7. The SMILES string of the molecule is O=C(O)c1cc([S])nn2nnnc12. The van der Waals surface area contributed by atoms with E-state index >= 15 is 0 Å². The molecule has 0 saturated carbocycles. The van der Waals surface area contributed by atoms with Crippen LogP contribution < -0.4 is 0 Å². The van der Waals surface area contributed by atoms with Crippen molar-refractivity contribution in [3.8, 4) is 0 Å². The molecule has 65 valence electrons. The van der Waals surface area contributed by atoms with Gasteiger partial charge in [0.2, 0.25) is 5.65 Å². The van der Waals surface area contributed by atoms with Crippen LogP contribution in [0, 0.1) is 0 Å². The molecule has 0 aliphatic heterocycles. The number of carboxylic acids is 1. The number of carboxylic acid groups (broad SMARTS) is 1. The molecule has 0 aliphatic carbocycles. The molecular weight excluding hydrogens is 194 g/mol. The normalized spacial score (nSPS) is 10.5. The highest BCUT2D eigenvalue weighted by Crippen LogP contribution is 2.09. The number of aromatic carboxylic acids is 1. The summed E-state index contributed by atoms with van der Waals surface area (Å²) in [5, 5.41) is 22.8. The topological polar surface area (TPSA) is 93.3 Å². The summed E-state index contributed by atoms with van der Waals surface area (Å²) >= 11 is 4.72. The lowest BCUT2D eigenvalue weighted by Crippen LogP contribution is -2.04. The summed E-state index contributed by atoms with van der Waals surface area (Å²) in [6.45, 7) is 0. The van der Waals surface area contributed by atoms with Crippen LogP contribution in [-0.2, 0) is 0 Å². The van der Waals surface area contributed by atoms with Gasteiger partial charge in [-0.15, -0.1) is 14.8 Å². The minimum atomic E-state index is -1.13. The zero-order valence-corrected chi connectivity index (χ0v) is 6.89. The number of rotatable bonds is 1. The summed E-state index contributed by atoms with van der Waals surface area (Å²) in [6.07, 6.45) is 0. The van der Waals surface area contributed by atoms with E-state index in [0.29, 0.717) is 0 Å². The Morgan fingerprint density at radius 3 is 3.08 bits per heavy atom. The van der Waals surface area contributed by atoms with E-state index in [1.54, 1.807) is 0 Å². The third-order valence-electron chi connectivity index (χ3n) is 1.39. The molecule has 7 nitrogen and oxygen atoms in total. The minimum absolute atomic E-state index is 0.0509. The second-order valence-electron chi connectivity index (χ2n) is 2.19. The molecule has 0 fully saturated rings. The Balaban J connectivity index is 2.84. The van der Waals surface area contributed by atoms with Gasteiger partial charge in [-0.2, -0.15) is 0 Å². The van der Waals surface area contributed by atoms with E-state index in [0.717, 1.165) is 4.63 Å². The zero-order chi connectivity index (χ0) is 9.42. The first-order valence-electron chi connectivity index (χ1n) is 3.18. The van der Waals surface area contributed by atoms with Crippen LogP contribution in [0.15, 0.2) is 11.1 Å². The maximum atomic E-state index is 10.7. The van der Waals surface area contributed by atoms with E-state index in [1.807, 2.05) is 0 Å². The summed E-state index contributed by atoms with van der Waals surface area (Å²) in [6, 6.07) is 1.24. The number of hydrogen-bond acceptors (Lipinski definition) is 5. The fraction of sp³-hybridized carbons (Fsp3) is 0. The Labute approximate surface area is 76.8 Å². The third kappa shape index (κ3) is 1.16. The van der Waals surface area contributed by atoms with E-state index < -0.39 is 5.97 Å². The Bertz CT molecular complexity index is 481. The summed E-state index contributed by atoms with van der Waals surface area (Å²) < 4.78 is 0.992. The van der Waals surface area contributed by atoms with Crippen molar-refractivity contribution in [1.82, 2.24) is 25.3 Å². The number of tetrazole rings is 1. The predicted molar refractivity (Wildman–Crippen MR) is 41.4 cm³/mol. The van der Waals surface area contributed by atoms with Crippen molar-refractivity contribution in [1.29, 1.82) is 0 Å². The van der Waals surface area contributed by atoms with Gasteiger partial charge in [-0.3, -0.25) is 0 Å². The van der Waals surface area contributed by atoms with Gasteiger partial charge >= 0.3 is 5.97 Å². The molecule has 2 heterocycles. The molecule has 0 aromatic carbocycles. The number of fused-ring (bicyclic) bond motifs is 1. The van der Waals surface area contributed by atoms with Gasteiger partial charge in [0.1, 0.15) is 10.6 Å². The molecular formula is C5H2N5O2S. The predicted octanol–water partition coefficient (Wildman–Crippen LogP) is -0.226. The number of aromatic nitrogens is 5. The van der Waals surface area contributed by atoms with Crippen LogP contribution in [0.2, 0.25) is 0 Å². The molecule has 0 unspecified atom stereocenters. The Kier molecular flexibility index (Phi) is 1.55. The van der Waals surface area contributed by atoms with Crippen LogP contribution in [-0.4, -0.2) is 36.3 Å². The van der Waals surface area contributed by atoms with Crippen LogP contribution in [0.4, 0.5) is 0 Å². The highest BCUT2D eigenvalue weighted by Gasteiger charge is 2.13. The standard InChI is InChI=1S/C5H2N5O2S/c11-5(12)2-1-3(13)7-10-4(2)6-8-9-10/h1H,(H,11,12). The lowest BCUT2D eigenvalue weighted by molar-refractivity contribution is 0.0697. The third-order valence-corrected chi connectivity index (χ3v) is 1.59. The quantitative estimate of drug-likeness (QED) is 0.677. The molecule has 13 heavy (non-hydrogen) atoms. The second-order valence-corrected chi connectivity index (χ2v) is 2.61. The number of hydrogen-bond donors (Lipinski definition) is 1. The van der Waals surface area contributed by atoms with Crippen LogP contribution in [0.3, 0.4) is 0 Å². The molecule has 2 rings (SSSR count). The Morgan fingerprint density at radius 2 is 2.38 bits per heavy atom. The molecule has 0 saturated heterocycles. The molecule has 0 atom stereocenters. The first-order chi connectivity index (χ1) is 6.18. The monoisotopic (exact) mass is 196 g/mol.